The van der Waals surface area contributed by atoms with E-state index in [1.54, 1.807) is 80.9 Å². The summed E-state index contributed by atoms with van der Waals surface area (Å²) in [5.74, 6) is -3.99. The van der Waals surface area contributed by atoms with Crippen molar-refractivity contribution in [2.24, 2.45) is 35.3 Å². The number of amides is 9. The van der Waals surface area contributed by atoms with E-state index in [2.05, 4.69) is 31.9 Å². The molecule has 0 unspecified atom stereocenters. The van der Waals surface area contributed by atoms with E-state index >= 15 is 0 Å². The van der Waals surface area contributed by atoms with Gasteiger partial charge in [0.05, 0.1) is 54.8 Å². The number of anilines is 1. The Hall–Kier alpha value is -6.36. The number of methoxy groups -OCH3 is 2. The maximum Gasteiger partial charge on any atom is 0.410 e. The molecular weight excluding hydrogens is 1060 g/mol. The fraction of sp³-hybridized carbons (Fsp3) is 0.672. The molecule has 1 fully saturated rings. The third-order valence-electron chi connectivity index (χ3n) is 15.7. The van der Waals surface area contributed by atoms with E-state index in [0.29, 0.717) is 49.0 Å². The smallest absolute Gasteiger partial charge is 0.410 e. The maximum absolute atomic E-state index is 14.8. The third kappa shape index (κ3) is 21.0. The Morgan fingerprint density at radius 2 is 1.37 bits per heavy atom. The summed E-state index contributed by atoms with van der Waals surface area (Å²) in [7, 11) is 6.14. The molecule has 0 bridgehead atoms. The zero-order valence-electron chi connectivity index (χ0n) is 52.2. The highest BCUT2D eigenvalue weighted by atomic mass is 16.6. The number of rotatable bonds is 33. The van der Waals surface area contributed by atoms with E-state index in [-0.39, 0.29) is 61.6 Å². The van der Waals surface area contributed by atoms with Crippen LogP contribution < -0.4 is 37.6 Å². The lowest BCUT2D eigenvalue weighted by molar-refractivity contribution is -0.148. The number of nitrogens with two attached hydrogens (primary N) is 1. The molecule has 9 N–H and O–H groups in total. The molecule has 3 rings (SSSR count). The van der Waals surface area contributed by atoms with Crippen molar-refractivity contribution >= 4 is 53.3 Å². The molecular formula is C61H100N10O12. The van der Waals surface area contributed by atoms with Gasteiger partial charge < -0.3 is 66.8 Å². The van der Waals surface area contributed by atoms with Crippen molar-refractivity contribution in [2.75, 3.05) is 46.7 Å². The maximum atomic E-state index is 14.8. The first-order valence-corrected chi connectivity index (χ1v) is 29.4. The minimum atomic E-state index is -1.05. The van der Waals surface area contributed by atoms with Crippen LogP contribution in [0.5, 0.6) is 0 Å². The largest absolute Gasteiger partial charge is 0.445 e. The number of likely N-dealkylation sites (N-methyl/N-ethyl adjacent to an activating group) is 2. The molecule has 12 atom stereocenters. The minimum absolute atomic E-state index is 0.0193. The van der Waals surface area contributed by atoms with Gasteiger partial charge in [0, 0.05) is 53.1 Å². The number of benzene rings is 2. The van der Waals surface area contributed by atoms with Crippen LogP contribution in [0.15, 0.2) is 54.6 Å². The molecule has 22 heteroatoms. The molecule has 22 nitrogen and oxygen atoms in total. The molecule has 1 aliphatic heterocycles. The predicted octanol–water partition coefficient (Wildman–Crippen LogP) is 5.47. The first kappa shape index (κ1) is 70.9. The van der Waals surface area contributed by atoms with E-state index in [4.69, 9.17) is 19.9 Å². The lowest BCUT2D eigenvalue weighted by atomic mass is 9.89. The van der Waals surface area contributed by atoms with Crippen LogP contribution in [0.1, 0.15) is 139 Å². The molecule has 2 aromatic carbocycles. The second kappa shape index (κ2) is 34.4. The molecule has 0 aromatic heterocycles. The zero-order chi connectivity index (χ0) is 62.4. The fourth-order valence-electron chi connectivity index (χ4n) is 10.8. The fourth-order valence-corrected chi connectivity index (χ4v) is 10.8. The molecule has 0 aliphatic carbocycles. The van der Waals surface area contributed by atoms with Crippen molar-refractivity contribution in [3.05, 3.63) is 65.7 Å². The predicted molar refractivity (Wildman–Crippen MR) is 319 cm³/mol. The Morgan fingerprint density at radius 3 is 1.92 bits per heavy atom. The molecule has 0 radical (unpaired) electrons. The van der Waals surface area contributed by atoms with Crippen molar-refractivity contribution in [3.63, 3.8) is 0 Å². The Bertz CT molecular complexity index is 2390. The SMILES string of the molecule is CC[C@H](C)[C@@H]([C@@H](CC(=O)N1CCC[C@H]1[C@H](OC)[C@H](C)C(=O)N[C@@H](C)[C@H](O)c1ccccc1)OC)N(C)C(=O)[C@@H](NC(=O)[C@H](C(C)C)N(C)C(=O)OCc1ccc(NC(=O)[C@H](CCCNC(N)=O)NC(=O)[C@@H](NC(C)C)C(C)C)cc1)C(C)C. The molecule has 2 aromatic rings. The van der Waals surface area contributed by atoms with Gasteiger partial charge in [0.1, 0.15) is 24.7 Å². The van der Waals surface area contributed by atoms with Crippen molar-refractivity contribution < 1.29 is 57.7 Å². The van der Waals surface area contributed by atoms with Gasteiger partial charge in [-0.15, -0.1) is 0 Å². The summed E-state index contributed by atoms with van der Waals surface area (Å²) < 4.78 is 17.7. The second-order valence-corrected chi connectivity index (χ2v) is 23.6. The number of hydrogen-bond acceptors (Lipinski definition) is 13. The normalized spacial score (nSPS) is 17.5. The Kier molecular flexibility index (Phi) is 29.4. The number of nitrogens with zero attached hydrogens (tertiary/aromatic N) is 3. The highest BCUT2D eigenvalue weighted by Crippen LogP contribution is 2.30. The van der Waals surface area contributed by atoms with Gasteiger partial charge in [0.2, 0.25) is 35.4 Å². The average molecular weight is 1170 g/mol. The van der Waals surface area contributed by atoms with Crippen molar-refractivity contribution in [2.45, 2.75) is 195 Å². The molecule has 1 saturated heterocycles. The number of carbonyl (C=O) groups is 8. The number of carbonyl (C=O) groups excluding carboxylic acids is 8. The number of nitrogens with one attached hydrogen (secondary N) is 6. The second-order valence-electron chi connectivity index (χ2n) is 23.6. The molecule has 0 saturated carbocycles. The van der Waals surface area contributed by atoms with E-state index in [0.717, 1.165) is 0 Å². The first-order chi connectivity index (χ1) is 39.1. The number of aliphatic hydroxyl groups excluding tert-OH is 1. The van der Waals surface area contributed by atoms with Gasteiger partial charge in [-0.2, -0.15) is 0 Å². The summed E-state index contributed by atoms with van der Waals surface area (Å²) in [5.41, 5.74) is 6.89. The number of hydrogen-bond donors (Lipinski definition) is 8. The van der Waals surface area contributed by atoms with E-state index in [9.17, 15) is 43.5 Å². The number of primary amides is 1. The standard InChI is InChI=1S/C61H100N10O12/c1-17-39(10)52(47(81-15)33-48(72)71-32-22-26-46(71)54(82-16)40(11)55(74)65-41(12)53(73)43-23-19-18-20-24-43)69(13)59(78)50(36(4)5)68-58(77)51(37(6)7)70(14)61(80)83-34-42-27-29-44(30-28-42)66-56(75)45(25-21-31-63-60(62)79)67-57(76)49(35(2)3)64-38(8)9/h18-20,23-24,27-30,35-41,45-47,49-54,64,73H,17,21-22,25-26,31-34H2,1-16H3,(H,65,74)(H,66,75)(H,67,76)(H,68,77)(H3,62,63,79)/t39-,40-,41-,45-,46-,47+,49-,50-,51-,52-,53-,54+/m0/s1. The zero-order valence-corrected chi connectivity index (χ0v) is 52.2. The summed E-state index contributed by atoms with van der Waals surface area (Å²) in [5, 5.41) is 28.3. The van der Waals surface area contributed by atoms with Crippen LogP contribution >= 0.6 is 0 Å². The van der Waals surface area contributed by atoms with Gasteiger partial charge >= 0.3 is 12.1 Å². The van der Waals surface area contributed by atoms with Gasteiger partial charge in [-0.1, -0.05) is 125 Å². The third-order valence-corrected chi connectivity index (χ3v) is 15.7. The molecule has 1 heterocycles. The number of urea groups is 1. The van der Waals surface area contributed by atoms with Crippen LogP contribution in [0.3, 0.4) is 0 Å². The highest BCUT2D eigenvalue weighted by molar-refractivity contribution is 5.98. The Labute approximate surface area is 493 Å². The number of likely N-dealkylation sites (tertiary alicyclic amines) is 1. The summed E-state index contributed by atoms with van der Waals surface area (Å²) >= 11 is 0. The molecule has 83 heavy (non-hydrogen) atoms. The average Bonchev–Trinajstić information content (AvgIpc) is 4.01. The van der Waals surface area contributed by atoms with Crippen LogP contribution in [0.25, 0.3) is 0 Å². The van der Waals surface area contributed by atoms with Gasteiger partial charge in [0.15, 0.2) is 0 Å². The molecule has 466 valence electrons. The molecule has 1 aliphatic rings. The molecule has 9 amide bonds. The Morgan fingerprint density at radius 1 is 0.747 bits per heavy atom. The monoisotopic (exact) mass is 1160 g/mol. The summed E-state index contributed by atoms with van der Waals surface area (Å²) in [4.78, 5) is 114. The quantitative estimate of drug-likeness (QED) is 0.0412. The molecule has 0 spiro atoms. The lowest BCUT2D eigenvalue weighted by Gasteiger charge is -2.41. The topological polar surface area (TPSA) is 292 Å². The van der Waals surface area contributed by atoms with Gasteiger partial charge in [-0.05, 0) is 79.5 Å². The lowest BCUT2D eigenvalue weighted by Crippen LogP contribution is -2.60. The van der Waals surface area contributed by atoms with Gasteiger partial charge in [-0.25, -0.2) is 9.59 Å². The van der Waals surface area contributed by atoms with Crippen molar-refractivity contribution in [1.82, 2.24) is 41.3 Å². The van der Waals surface area contributed by atoms with Crippen molar-refractivity contribution in [1.29, 1.82) is 0 Å². The van der Waals surface area contributed by atoms with Crippen molar-refractivity contribution in [3.8, 4) is 0 Å². The van der Waals surface area contributed by atoms with Crippen LogP contribution in [0.2, 0.25) is 0 Å². The summed E-state index contributed by atoms with van der Waals surface area (Å²) in [6.07, 6.45) is -0.673. The van der Waals surface area contributed by atoms with E-state index < -0.39 is 108 Å². The van der Waals surface area contributed by atoms with Gasteiger partial charge in [0.25, 0.3) is 0 Å². The summed E-state index contributed by atoms with van der Waals surface area (Å²) in [6, 6.07) is 9.83. The Balaban J connectivity index is 1.71. The van der Waals surface area contributed by atoms with Crippen LogP contribution in [-0.2, 0) is 49.6 Å². The number of aliphatic hydroxyl groups is 1. The first-order valence-electron chi connectivity index (χ1n) is 29.4. The van der Waals surface area contributed by atoms with Crippen LogP contribution in [0.4, 0.5) is 15.3 Å². The minimum Gasteiger partial charge on any atom is -0.445 e. The number of ether oxygens (including phenoxy) is 3. The van der Waals surface area contributed by atoms with Crippen LogP contribution in [-0.4, -0.2) is 169 Å². The van der Waals surface area contributed by atoms with Crippen LogP contribution in [0, 0.1) is 29.6 Å². The van der Waals surface area contributed by atoms with Gasteiger partial charge in [-0.3, -0.25) is 33.7 Å². The summed E-state index contributed by atoms with van der Waals surface area (Å²) in [6.45, 7) is 22.8. The van der Waals surface area contributed by atoms with E-state index in [1.807, 2.05) is 73.6 Å². The highest BCUT2D eigenvalue weighted by Gasteiger charge is 2.44. The van der Waals surface area contributed by atoms with E-state index in [1.165, 1.54) is 26.2 Å².